The van der Waals surface area contributed by atoms with Crippen molar-refractivity contribution in [2.24, 2.45) is 5.41 Å². The van der Waals surface area contributed by atoms with Gasteiger partial charge in [0, 0.05) is 31.7 Å². The Labute approximate surface area is 169 Å². The second-order valence-corrected chi connectivity index (χ2v) is 9.02. The van der Waals surface area contributed by atoms with Crippen LogP contribution in [0.5, 0.6) is 0 Å². The van der Waals surface area contributed by atoms with Gasteiger partial charge < -0.3 is 0 Å². The van der Waals surface area contributed by atoms with E-state index in [9.17, 15) is 4.79 Å². The van der Waals surface area contributed by atoms with Crippen molar-refractivity contribution in [1.82, 2.24) is 9.80 Å². The van der Waals surface area contributed by atoms with E-state index in [0.717, 1.165) is 18.7 Å². The van der Waals surface area contributed by atoms with Gasteiger partial charge in [-0.05, 0) is 68.8 Å². The van der Waals surface area contributed by atoms with Crippen molar-refractivity contribution in [2.75, 3.05) is 26.2 Å². The number of nitrogens with zero attached hydrogens (tertiary/aromatic N) is 2. The van der Waals surface area contributed by atoms with E-state index in [1.807, 2.05) is 12.1 Å². The number of Topliss-reactive ketones (excluding diaryl/α,β-unsaturated/α-hetero) is 1. The highest BCUT2D eigenvalue weighted by Crippen LogP contribution is 2.39. The molecule has 0 saturated carbocycles. The Hall–Kier alpha value is -1.97. The molecule has 2 aliphatic heterocycles. The molecule has 0 aromatic heterocycles. The molecule has 2 aromatic carbocycles. The Morgan fingerprint density at radius 1 is 0.929 bits per heavy atom. The van der Waals surface area contributed by atoms with E-state index in [0.29, 0.717) is 5.41 Å². The summed E-state index contributed by atoms with van der Waals surface area (Å²) in [7, 11) is 0. The lowest BCUT2D eigenvalue weighted by Crippen LogP contribution is -2.44. The first-order chi connectivity index (χ1) is 13.5. The fraction of sp³-hybridized carbons (Fsp3) is 0.480. The van der Waals surface area contributed by atoms with E-state index in [-0.39, 0.29) is 5.78 Å². The fourth-order valence-electron chi connectivity index (χ4n) is 5.16. The van der Waals surface area contributed by atoms with Gasteiger partial charge in [-0.15, -0.1) is 0 Å². The van der Waals surface area contributed by atoms with E-state index < -0.39 is 0 Å². The summed E-state index contributed by atoms with van der Waals surface area (Å²) in [5, 5.41) is 0. The van der Waals surface area contributed by atoms with E-state index in [1.165, 1.54) is 62.1 Å². The molecule has 148 valence electrons. The molecule has 0 radical (unpaired) electrons. The molecule has 28 heavy (non-hydrogen) atoms. The summed E-state index contributed by atoms with van der Waals surface area (Å²) >= 11 is 0. The summed E-state index contributed by atoms with van der Waals surface area (Å²) in [5.74, 6) is 0.152. The van der Waals surface area contributed by atoms with Crippen molar-refractivity contribution in [3.63, 3.8) is 0 Å². The summed E-state index contributed by atoms with van der Waals surface area (Å²) in [6.07, 6.45) is 3.95. The molecule has 3 nitrogen and oxygen atoms in total. The van der Waals surface area contributed by atoms with Crippen LogP contribution in [0.15, 0.2) is 48.5 Å². The lowest BCUT2D eigenvalue weighted by Gasteiger charge is -2.40. The SMILES string of the molecule is CC(=O)c1cccc(CN2CCC3(CCCN(Cc4cccc(C)c4)C3)C2)c1. The number of piperidine rings is 1. The van der Waals surface area contributed by atoms with Gasteiger partial charge in [-0.25, -0.2) is 0 Å². The Balaban J connectivity index is 1.38. The van der Waals surface area contributed by atoms with Crippen LogP contribution in [-0.2, 0) is 13.1 Å². The molecule has 2 heterocycles. The Kier molecular flexibility index (Phi) is 5.65. The minimum absolute atomic E-state index is 0.152. The van der Waals surface area contributed by atoms with Gasteiger partial charge >= 0.3 is 0 Å². The average Bonchev–Trinajstić information content (AvgIpc) is 3.03. The zero-order valence-electron chi connectivity index (χ0n) is 17.3. The standard InChI is InChI=1S/C25H32N2O/c1-20-6-3-7-22(14-20)16-26-12-5-10-25(18-26)11-13-27(19-25)17-23-8-4-9-24(15-23)21(2)28/h3-4,6-9,14-15H,5,10-13,16-19H2,1-2H3. The molecular formula is C25H32N2O. The molecule has 2 aromatic rings. The first-order valence-corrected chi connectivity index (χ1v) is 10.6. The maximum atomic E-state index is 11.7. The number of carbonyl (C=O) groups excluding carboxylic acids is 1. The largest absolute Gasteiger partial charge is 0.298 e. The van der Waals surface area contributed by atoms with Gasteiger partial charge in [0.05, 0.1) is 0 Å². The molecule has 0 N–H and O–H groups in total. The van der Waals surface area contributed by atoms with Crippen LogP contribution >= 0.6 is 0 Å². The number of aryl methyl sites for hydroxylation is 1. The number of hydrogen-bond acceptors (Lipinski definition) is 3. The molecule has 1 unspecified atom stereocenters. The van der Waals surface area contributed by atoms with Gasteiger partial charge in [-0.1, -0.05) is 48.0 Å². The maximum absolute atomic E-state index is 11.7. The highest BCUT2D eigenvalue weighted by atomic mass is 16.1. The summed E-state index contributed by atoms with van der Waals surface area (Å²) in [6.45, 7) is 10.6. The molecule has 2 saturated heterocycles. The smallest absolute Gasteiger partial charge is 0.159 e. The average molecular weight is 377 g/mol. The van der Waals surface area contributed by atoms with E-state index in [4.69, 9.17) is 0 Å². The number of carbonyl (C=O) groups is 1. The topological polar surface area (TPSA) is 23.6 Å². The van der Waals surface area contributed by atoms with E-state index >= 15 is 0 Å². The molecule has 0 amide bonds. The maximum Gasteiger partial charge on any atom is 0.159 e. The van der Waals surface area contributed by atoms with E-state index in [2.05, 4.69) is 53.1 Å². The zero-order chi connectivity index (χ0) is 19.6. The second-order valence-electron chi connectivity index (χ2n) is 9.02. The highest BCUT2D eigenvalue weighted by molar-refractivity contribution is 5.94. The van der Waals surface area contributed by atoms with Crippen LogP contribution in [-0.4, -0.2) is 41.8 Å². The van der Waals surface area contributed by atoms with Gasteiger partial charge in [-0.3, -0.25) is 14.6 Å². The van der Waals surface area contributed by atoms with Crippen molar-refractivity contribution < 1.29 is 4.79 Å². The number of ketones is 1. The molecule has 1 spiro atoms. The van der Waals surface area contributed by atoms with Crippen LogP contribution in [0.1, 0.15) is 53.2 Å². The summed E-state index contributed by atoms with van der Waals surface area (Å²) in [6, 6.07) is 17.1. The van der Waals surface area contributed by atoms with Crippen molar-refractivity contribution in [1.29, 1.82) is 0 Å². The summed E-state index contributed by atoms with van der Waals surface area (Å²) in [4.78, 5) is 16.9. The third-order valence-corrected chi connectivity index (χ3v) is 6.49. The van der Waals surface area contributed by atoms with Gasteiger partial charge in [0.25, 0.3) is 0 Å². The lowest BCUT2D eigenvalue weighted by atomic mass is 9.79. The normalized spacial score (nSPS) is 23.4. The van der Waals surface area contributed by atoms with Crippen LogP contribution in [0, 0.1) is 12.3 Å². The first-order valence-electron chi connectivity index (χ1n) is 10.6. The van der Waals surface area contributed by atoms with Gasteiger partial charge in [-0.2, -0.15) is 0 Å². The Morgan fingerprint density at radius 3 is 2.32 bits per heavy atom. The molecule has 2 aliphatic rings. The lowest BCUT2D eigenvalue weighted by molar-refractivity contribution is 0.0866. The van der Waals surface area contributed by atoms with Crippen LogP contribution in [0.4, 0.5) is 0 Å². The quantitative estimate of drug-likeness (QED) is 0.708. The second kappa shape index (κ2) is 8.18. The predicted octanol–water partition coefficient (Wildman–Crippen LogP) is 4.69. The van der Waals surface area contributed by atoms with Crippen LogP contribution in [0.2, 0.25) is 0 Å². The number of rotatable bonds is 5. The fourth-order valence-corrected chi connectivity index (χ4v) is 5.16. The Bertz CT molecular complexity index is 846. The number of benzene rings is 2. The first kappa shape index (κ1) is 19.4. The monoisotopic (exact) mass is 376 g/mol. The van der Waals surface area contributed by atoms with Crippen molar-refractivity contribution >= 4 is 5.78 Å². The third kappa shape index (κ3) is 4.53. The highest BCUT2D eigenvalue weighted by Gasteiger charge is 2.41. The summed E-state index contributed by atoms with van der Waals surface area (Å²) in [5.41, 5.74) is 5.32. The zero-order valence-corrected chi connectivity index (χ0v) is 17.3. The minimum atomic E-state index is 0.152. The van der Waals surface area contributed by atoms with Crippen molar-refractivity contribution in [2.45, 2.75) is 46.2 Å². The molecule has 2 fully saturated rings. The molecular weight excluding hydrogens is 344 g/mol. The predicted molar refractivity (Wildman–Crippen MR) is 114 cm³/mol. The van der Waals surface area contributed by atoms with Gasteiger partial charge in [0.15, 0.2) is 5.78 Å². The van der Waals surface area contributed by atoms with Crippen LogP contribution < -0.4 is 0 Å². The van der Waals surface area contributed by atoms with Gasteiger partial charge in [0.1, 0.15) is 0 Å². The Morgan fingerprint density at radius 2 is 1.61 bits per heavy atom. The van der Waals surface area contributed by atoms with Crippen LogP contribution in [0.25, 0.3) is 0 Å². The van der Waals surface area contributed by atoms with Crippen molar-refractivity contribution in [3.8, 4) is 0 Å². The molecule has 0 bridgehead atoms. The number of likely N-dealkylation sites (tertiary alicyclic amines) is 2. The number of hydrogen-bond donors (Lipinski definition) is 0. The third-order valence-electron chi connectivity index (χ3n) is 6.49. The minimum Gasteiger partial charge on any atom is -0.298 e. The van der Waals surface area contributed by atoms with Crippen molar-refractivity contribution in [3.05, 3.63) is 70.8 Å². The van der Waals surface area contributed by atoms with E-state index in [1.54, 1.807) is 6.92 Å². The molecule has 3 heteroatoms. The summed E-state index contributed by atoms with van der Waals surface area (Å²) < 4.78 is 0. The molecule has 1 atom stereocenters. The van der Waals surface area contributed by atoms with Gasteiger partial charge in [0.2, 0.25) is 0 Å². The van der Waals surface area contributed by atoms with Crippen LogP contribution in [0.3, 0.4) is 0 Å². The molecule has 4 rings (SSSR count). The molecule has 0 aliphatic carbocycles.